The van der Waals surface area contributed by atoms with Crippen LogP contribution in [0.25, 0.3) is 0 Å². The van der Waals surface area contributed by atoms with Crippen LogP contribution in [-0.4, -0.2) is 43.4 Å². The van der Waals surface area contributed by atoms with Crippen molar-refractivity contribution < 1.29 is 23.8 Å². The zero-order valence-electron chi connectivity index (χ0n) is 20.4. The first-order valence-electron chi connectivity index (χ1n) is 11.7. The molecule has 8 nitrogen and oxygen atoms in total. The Morgan fingerprint density at radius 2 is 1.75 bits per heavy atom. The predicted octanol–water partition coefficient (Wildman–Crippen LogP) is 4.66. The number of anilines is 1. The van der Waals surface area contributed by atoms with Crippen molar-refractivity contribution in [3.05, 3.63) is 82.9 Å². The monoisotopic (exact) mass is 485 g/mol. The van der Waals surface area contributed by atoms with Crippen LogP contribution in [0.2, 0.25) is 0 Å². The van der Waals surface area contributed by atoms with Gasteiger partial charge in [-0.15, -0.1) is 0 Å². The number of hydrogen-bond acceptors (Lipinski definition) is 7. The van der Waals surface area contributed by atoms with Crippen molar-refractivity contribution in [1.82, 2.24) is 4.90 Å². The van der Waals surface area contributed by atoms with E-state index in [1.807, 2.05) is 43.3 Å². The lowest BCUT2D eigenvalue weighted by Crippen LogP contribution is -2.18. The molecule has 3 aromatic carbocycles. The summed E-state index contributed by atoms with van der Waals surface area (Å²) < 4.78 is 15.6. The number of nitrogens with one attached hydrogen (secondary N) is 1. The Balaban J connectivity index is 1.24. The lowest BCUT2D eigenvalue weighted by atomic mass is 9.95. The van der Waals surface area contributed by atoms with Gasteiger partial charge in [-0.3, -0.25) is 14.7 Å². The highest BCUT2D eigenvalue weighted by atomic mass is 16.7. The second-order valence-corrected chi connectivity index (χ2v) is 9.00. The van der Waals surface area contributed by atoms with E-state index >= 15 is 0 Å². The van der Waals surface area contributed by atoms with Crippen molar-refractivity contribution in [3.8, 4) is 11.5 Å². The molecule has 1 atom stereocenters. The molecule has 0 fully saturated rings. The Hall–Kier alpha value is -4.17. The van der Waals surface area contributed by atoms with Gasteiger partial charge in [0, 0.05) is 24.5 Å². The highest BCUT2D eigenvalue weighted by Gasteiger charge is 2.33. The third kappa shape index (κ3) is 4.81. The minimum Gasteiger partial charge on any atom is -0.465 e. The number of aliphatic imine (C=N–C) groups is 1. The van der Waals surface area contributed by atoms with Gasteiger partial charge in [-0.2, -0.15) is 0 Å². The van der Waals surface area contributed by atoms with Crippen LogP contribution in [-0.2, 0) is 22.6 Å². The van der Waals surface area contributed by atoms with Crippen LogP contribution >= 0.6 is 0 Å². The zero-order chi connectivity index (χ0) is 25.2. The largest absolute Gasteiger partial charge is 0.465 e. The summed E-state index contributed by atoms with van der Waals surface area (Å²) in [5, 5.41) is 2.85. The maximum Gasteiger partial charge on any atom is 0.337 e. The second kappa shape index (κ2) is 9.83. The van der Waals surface area contributed by atoms with E-state index in [0.717, 1.165) is 47.0 Å². The number of fused-ring (bicyclic) bond motifs is 2. The average Bonchev–Trinajstić information content (AvgIpc) is 3.47. The van der Waals surface area contributed by atoms with Crippen molar-refractivity contribution >= 4 is 29.0 Å². The Kier molecular flexibility index (Phi) is 6.43. The van der Waals surface area contributed by atoms with Gasteiger partial charge in [0.2, 0.25) is 12.7 Å². The second-order valence-electron chi connectivity index (χ2n) is 9.00. The molecule has 1 amide bonds. The van der Waals surface area contributed by atoms with E-state index in [4.69, 9.17) is 19.2 Å². The summed E-state index contributed by atoms with van der Waals surface area (Å²) in [6, 6.07) is 19.1. The highest BCUT2D eigenvalue weighted by Crippen LogP contribution is 2.35. The number of rotatable bonds is 7. The van der Waals surface area contributed by atoms with Gasteiger partial charge in [0.15, 0.2) is 11.5 Å². The lowest BCUT2D eigenvalue weighted by Gasteiger charge is -2.17. The van der Waals surface area contributed by atoms with Crippen LogP contribution in [0.5, 0.6) is 11.5 Å². The number of benzene rings is 3. The summed E-state index contributed by atoms with van der Waals surface area (Å²) in [6.07, 6.45) is 0. The van der Waals surface area contributed by atoms with Gasteiger partial charge in [-0.25, -0.2) is 4.79 Å². The number of ether oxygens (including phenoxy) is 3. The van der Waals surface area contributed by atoms with E-state index in [1.54, 1.807) is 18.2 Å². The first kappa shape index (κ1) is 23.6. The minimum atomic E-state index is -0.501. The van der Waals surface area contributed by atoms with Gasteiger partial charge in [0.1, 0.15) is 5.92 Å². The molecule has 0 spiro atoms. The van der Waals surface area contributed by atoms with E-state index < -0.39 is 11.9 Å². The summed E-state index contributed by atoms with van der Waals surface area (Å²) in [5.74, 6) is 0.482. The van der Waals surface area contributed by atoms with E-state index in [1.165, 1.54) is 7.11 Å². The normalized spacial score (nSPS) is 16.2. The van der Waals surface area contributed by atoms with Crippen molar-refractivity contribution in [2.45, 2.75) is 25.9 Å². The van der Waals surface area contributed by atoms with E-state index in [9.17, 15) is 9.59 Å². The number of methoxy groups -OCH3 is 1. The Morgan fingerprint density at radius 1 is 1.03 bits per heavy atom. The molecule has 2 aliphatic heterocycles. The lowest BCUT2D eigenvalue weighted by molar-refractivity contribution is -0.115. The van der Waals surface area contributed by atoms with Crippen LogP contribution in [0, 0.1) is 0 Å². The number of carbonyl (C=O) groups is 2. The number of carbonyl (C=O) groups excluding carboxylic acids is 2. The topological polar surface area (TPSA) is 89.5 Å². The molecule has 1 unspecified atom stereocenters. The Morgan fingerprint density at radius 3 is 2.53 bits per heavy atom. The Labute approximate surface area is 209 Å². The fraction of sp³-hybridized carbons (Fsp3) is 0.250. The van der Waals surface area contributed by atoms with Crippen molar-refractivity contribution in [1.29, 1.82) is 0 Å². The van der Waals surface area contributed by atoms with E-state index in [2.05, 4.69) is 23.3 Å². The standard InChI is InChI=1S/C28H27N3O5/c1-17(26-22-10-7-20(28(33)34-3)13-23(22)30-27(26)32)29-21-8-4-18(5-9-21)14-31(2)15-19-6-11-24-25(12-19)36-16-35-24/h4-13,26H,14-16H2,1-3H3,(H,30,32). The van der Waals surface area contributed by atoms with Crippen molar-refractivity contribution in [2.75, 3.05) is 26.3 Å². The molecule has 0 bridgehead atoms. The number of hydrogen-bond donors (Lipinski definition) is 1. The average molecular weight is 486 g/mol. The molecule has 0 saturated carbocycles. The van der Waals surface area contributed by atoms with Gasteiger partial charge >= 0.3 is 5.97 Å². The van der Waals surface area contributed by atoms with Crippen LogP contribution in [0.1, 0.15) is 39.9 Å². The first-order valence-corrected chi connectivity index (χ1v) is 11.7. The summed E-state index contributed by atoms with van der Waals surface area (Å²) in [6.45, 7) is 3.68. The third-order valence-electron chi connectivity index (χ3n) is 6.31. The number of amides is 1. The fourth-order valence-electron chi connectivity index (χ4n) is 4.58. The summed E-state index contributed by atoms with van der Waals surface area (Å²) in [4.78, 5) is 31.4. The predicted molar refractivity (Wildman–Crippen MR) is 136 cm³/mol. The minimum absolute atomic E-state index is 0.157. The quantitative estimate of drug-likeness (QED) is 0.387. The van der Waals surface area contributed by atoms with E-state index in [-0.39, 0.29) is 12.7 Å². The van der Waals surface area contributed by atoms with E-state index in [0.29, 0.717) is 17.0 Å². The summed E-state index contributed by atoms with van der Waals surface area (Å²) >= 11 is 0. The van der Waals surface area contributed by atoms with Crippen molar-refractivity contribution in [3.63, 3.8) is 0 Å². The summed E-state index contributed by atoms with van der Waals surface area (Å²) in [7, 11) is 3.40. The molecule has 2 heterocycles. The maximum absolute atomic E-state index is 12.7. The summed E-state index contributed by atoms with van der Waals surface area (Å²) in [5.41, 5.74) is 5.60. The van der Waals surface area contributed by atoms with Gasteiger partial charge in [0.05, 0.1) is 18.4 Å². The third-order valence-corrected chi connectivity index (χ3v) is 6.31. The molecule has 2 aliphatic rings. The molecule has 36 heavy (non-hydrogen) atoms. The van der Waals surface area contributed by atoms with Crippen LogP contribution in [0.3, 0.4) is 0 Å². The van der Waals surface area contributed by atoms with Gasteiger partial charge in [0.25, 0.3) is 0 Å². The molecular weight excluding hydrogens is 458 g/mol. The SMILES string of the molecule is COC(=O)c1ccc2c(c1)NC(=O)C2C(C)=Nc1ccc(CN(C)Cc2ccc3c(c2)OCO3)cc1. The van der Waals surface area contributed by atoms with Crippen LogP contribution < -0.4 is 14.8 Å². The number of esters is 1. The smallest absolute Gasteiger partial charge is 0.337 e. The molecule has 0 radical (unpaired) electrons. The fourth-order valence-corrected chi connectivity index (χ4v) is 4.58. The van der Waals surface area contributed by atoms with Crippen molar-refractivity contribution in [2.24, 2.45) is 4.99 Å². The Bertz CT molecular complexity index is 1350. The zero-order valence-corrected chi connectivity index (χ0v) is 20.4. The molecule has 1 N–H and O–H groups in total. The number of nitrogens with zero attached hydrogens (tertiary/aromatic N) is 2. The van der Waals surface area contributed by atoms with Gasteiger partial charge < -0.3 is 19.5 Å². The van der Waals surface area contributed by atoms with Crippen LogP contribution in [0.15, 0.2) is 65.7 Å². The highest BCUT2D eigenvalue weighted by molar-refractivity contribution is 6.18. The molecule has 8 heteroatoms. The molecule has 184 valence electrons. The molecule has 0 saturated heterocycles. The maximum atomic E-state index is 12.7. The van der Waals surface area contributed by atoms with Gasteiger partial charge in [-0.05, 0) is 67.1 Å². The molecule has 0 aliphatic carbocycles. The molecular formula is C28H27N3O5. The first-order chi connectivity index (χ1) is 17.4. The van der Waals surface area contributed by atoms with Gasteiger partial charge in [-0.1, -0.05) is 24.3 Å². The van der Waals surface area contributed by atoms with Crippen LogP contribution in [0.4, 0.5) is 11.4 Å². The molecule has 0 aromatic heterocycles. The molecule has 5 rings (SSSR count). The molecule has 3 aromatic rings.